The average Bonchev–Trinajstić information content (AvgIpc) is 2.93. The van der Waals surface area contributed by atoms with Crippen molar-refractivity contribution < 1.29 is 4.79 Å². The maximum absolute atomic E-state index is 12.6. The molecule has 132 valence electrons. The minimum absolute atomic E-state index is 0.0396. The number of aryl methyl sites for hydroxylation is 1. The number of nitrogens with zero attached hydrogens (tertiary/aromatic N) is 1. The molecule has 1 unspecified atom stereocenters. The van der Waals surface area contributed by atoms with E-state index in [1.807, 2.05) is 11.0 Å². The molecule has 25 heavy (non-hydrogen) atoms. The second-order valence-electron chi connectivity index (χ2n) is 6.93. The molecular weight excluding hydrogens is 308 g/mol. The van der Waals surface area contributed by atoms with Crippen LogP contribution in [-0.2, 0) is 4.79 Å². The zero-order chi connectivity index (χ0) is 17.5. The van der Waals surface area contributed by atoms with Gasteiger partial charge in [0.15, 0.2) is 0 Å². The van der Waals surface area contributed by atoms with Crippen LogP contribution in [0.1, 0.15) is 48.4 Å². The first-order valence-electron chi connectivity index (χ1n) is 9.37. The predicted molar refractivity (Wildman–Crippen MR) is 103 cm³/mol. The number of amides is 1. The third kappa shape index (κ3) is 4.93. The Bertz CT molecular complexity index is 658. The largest absolute Gasteiger partial charge is 0.342 e. The number of benzene rings is 2. The van der Waals surface area contributed by atoms with E-state index in [1.54, 1.807) is 0 Å². The Morgan fingerprint density at radius 3 is 2.16 bits per heavy atom. The van der Waals surface area contributed by atoms with E-state index in [2.05, 4.69) is 60.8 Å². The molecular formula is C22H28N2O. The van der Waals surface area contributed by atoms with Crippen LogP contribution in [0.2, 0.25) is 0 Å². The summed E-state index contributed by atoms with van der Waals surface area (Å²) in [7, 11) is 0. The molecule has 1 heterocycles. The number of hydrogen-bond donors (Lipinski definition) is 1. The normalized spacial score (nSPS) is 16.3. The van der Waals surface area contributed by atoms with Crippen LogP contribution in [-0.4, -0.2) is 30.4 Å². The monoisotopic (exact) mass is 336 g/mol. The van der Waals surface area contributed by atoms with Crippen molar-refractivity contribution in [2.24, 2.45) is 0 Å². The molecule has 0 aliphatic carbocycles. The van der Waals surface area contributed by atoms with E-state index < -0.39 is 0 Å². The van der Waals surface area contributed by atoms with Crippen LogP contribution in [0.5, 0.6) is 0 Å². The highest BCUT2D eigenvalue weighted by atomic mass is 16.2. The SMILES string of the molecule is Cc1ccc(C(NCC(=O)N2CCCCCC2)c2ccccc2)cc1. The summed E-state index contributed by atoms with van der Waals surface area (Å²) in [5.74, 6) is 0.218. The van der Waals surface area contributed by atoms with Gasteiger partial charge in [-0.2, -0.15) is 0 Å². The van der Waals surface area contributed by atoms with Gasteiger partial charge in [0.25, 0.3) is 0 Å². The van der Waals surface area contributed by atoms with E-state index in [9.17, 15) is 4.79 Å². The molecule has 1 fully saturated rings. The molecule has 0 spiro atoms. The highest BCUT2D eigenvalue weighted by molar-refractivity contribution is 5.78. The molecule has 0 bridgehead atoms. The quantitative estimate of drug-likeness (QED) is 0.892. The highest BCUT2D eigenvalue weighted by Gasteiger charge is 2.19. The zero-order valence-corrected chi connectivity index (χ0v) is 15.1. The van der Waals surface area contributed by atoms with Crippen molar-refractivity contribution in [3.8, 4) is 0 Å². The Hall–Kier alpha value is -2.13. The molecule has 2 aromatic carbocycles. The van der Waals surface area contributed by atoms with E-state index in [0.717, 1.165) is 25.9 Å². The number of carbonyl (C=O) groups is 1. The van der Waals surface area contributed by atoms with Gasteiger partial charge in [0.1, 0.15) is 0 Å². The summed E-state index contributed by atoms with van der Waals surface area (Å²) in [5, 5.41) is 3.50. The van der Waals surface area contributed by atoms with Gasteiger partial charge in [-0.25, -0.2) is 0 Å². The van der Waals surface area contributed by atoms with Gasteiger partial charge in [-0.05, 0) is 30.9 Å². The van der Waals surface area contributed by atoms with Crippen LogP contribution >= 0.6 is 0 Å². The maximum Gasteiger partial charge on any atom is 0.236 e. The van der Waals surface area contributed by atoms with Gasteiger partial charge in [0.05, 0.1) is 12.6 Å². The summed E-state index contributed by atoms with van der Waals surface area (Å²) in [4.78, 5) is 14.7. The van der Waals surface area contributed by atoms with Crippen molar-refractivity contribution in [1.82, 2.24) is 10.2 Å². The van der Waals surface area contributed by atoms with Gasteiger partial charge in [-0.1, -0.05) is 73.0 Å². The third-order valence-electron chi connectivity index (χ3n) is 4.96. The van der Waals surface area contributed by atoms with Crippen molar-refractivity contribution >= 4 is 5.91 Å². The molecule has 3 rings (SSSR count). The number of nitrogens with one attached hydrogen (secondary N) is 1. The fourth-order valence-corrected chi connectivity index (χ4v) is 3.45. The second-order valence-corrected chi connectivity index (χ2v) is 6.93. The van der Waals surface area contributed by atoms with Gasteiger partial charge < -0.3 is 4.90 Å². The van der Waals surface area contributed by atoms with Crippen LogP contribution in [0.3, 0.4) is 0 Å². The van der Waals surface area contributed by atoms with Crippen LogP contribution in [0.4, 0.5) is 0 Å². The van der Waals surface area contributed by atoms with Gasteiger partial charge in [0, 0.05) is 13.1 Å². The smallest absolute Gasteiger partial charge is 0.236 e. The topological polar surface area (TPSA) is 32.3 Å². The van der Waals surface area contributed by atoms with Crippen LogP contribution < -0.4 is 5.32 Å². The summed E-state index contributed by atoms with van der Waals surface area (Å²) in [6.07, 6.45) is 4.75. The molecule has 0 saturated carbocycles. The molecule has 1 atom stereocenters. The Kier molecular flexibility index (Phi) is 6.24. The van der Waals surface area contributed by atoms with Gasteiger partial charge in [0.2, 0.25) is 5.91 Å². The summed E-state index contributed by atoms with van der Waals surface area (Å²) >= 11 is 0. The van der Waals surface area contributed by atoms with Crippen molar-refractivity contribution in [1.29, 1.82) is 0 Å². The predicted octanol–water partition coefficient (Wildman–Crippen LogP) is 4.08. The fourth-order valence-electron chi connectivity index (χ4n) is 3.45. The first-order chi connectivity index (χ1) is 12.2. The molecule has 1 aliphatic heterocycles. The summed E-state index contributed by atoms with van der Waals surface area (Å²) in [6, 6.07) is 19.0. The first-order valence-corrected chi connectivity index (χ1v) is 9.37. The number of carbonyl (C=O) groups excluding carboxylic acids is 1. The van der Waals surface area contributed by atoms with E-state index in [0.29, 0.717) is 6.54 Å². The lowest BCUT2D eigenvalue weighted by atomic mass is 9.98. The minimum atomic E-state index is 0.0396. The standard InChI is InChI=1S/C22H28N2O/c1-18-11-13-20(14-12-18)22(19-9-5-4-6-10-19)23-17-21(25)24-15-7-2-3-8-16-24/h4-6,9-14,22-23H,2-3,7-8,15-17H2,1H3. The average molecular weight is 336 g/mol. The molecule has 0 aromatic heterocycles. The highest BCUT2D eigenvalue weighted by Crippen LogP contribution is 2.22. The van der Waals surface area contributed by atoms with Gasteiger partial charge >= 0.3 is 0 Å². The van der Waals surface area contributed by atoms with E-state index in [1.165, 1.54) is 29.5 Å². The summed E-state index contributed by atoms with van der Waals surface area (Å²) in [6.45, 7) is 4.28. The van der Waals surface area contributed by atoms with Crippen LogP contribution in [0, 0.1) is 6.92 Å². The van der Waals surface area contributed by atoms with E-state index >= 15 is 0 Å². The van der Waals surface area contributed by atoms with Crippen molar-refractivity contribution in [2.75, 3.05) is 19.6 Å². The van der Waals surface area contributed by atoms with Crippen molar-refractivity contribution in [3.05, 3.63) is 71.3 Å². The Labute approximate surface area is 151 Å². The molecule has 3 heteroatoms. The fraction of sp³-hybridized carbons (Fsp3) is 0.409. The molecule has 1 N–H and O–H groups in total. The zero-order valence-electron chi connectivity index (χ0n) is 15.1. The molecule has 0 radical (unpaired) electrons. The Morgan fingerprint density at radius 2 is 1.52 bits per heavy atom. The molecule has 2 aromatic rings. The summed E-state index contributed by atoms with van der Waals surface area (Å²) in [5.41, 5.74) is 3.63. The minimum Gasteiger partial charge on any atom is -0.342 e. The molecule has 1 saturated heterocycles. The number of hydrogen-bond acceptors (Lipinski definition) is 2. The third-order valence-corrected chi connectivity index (χ3v) is 4.96. The molecule has 1 aliphatic rings. The number of rotatable bonds is 5. The maximum atomic E-state index is 12.6. The second kappa shape index (κ2) is 8.82. The van der Waals surface area contributed by atoms with E-state index in [4.69, 9.17) is 0 Å². The van der Waals surface area contributed by atoms with Crippen molar-refractivity contribution in [3.63, 3.8) is 0 Å². The Morgan fingerprint density at radius 1 is 0.920 bits per heavy atom. The molecule has 3 nitrogen and oxygen atoms in total. The lowest BCUT2D eigenvalue weighted by Gasteiger charge is -2.24. The lowest BCUT2D eigenvalue weighted by Crippen LogP contribution is -2.40. The first kappa shape index (κ1) is 17.7. The Balaban J connectivity index is 1.71. The van der Waals surface area contributed by atoms with Crippen molar-refractivity contribution in [2.45, 2.75) is 38.6 Å². The van der Waals surface area contributed by atoms with E-state index in [-0.39, 0.29) is 11.9 Å². The molecule has 1 amide bonds. The summed E-state index contributed by atoms with van der Waals surface area (Å²) < 4.78 is 0. The van der Waals surface area contributed by atoms with Gasteiger partial charge in [-0.3, -0.25) is 10.1 Å². The van der Waals surface area contributed by atoms with Crippen LogP contribution in [0.25, 0.3) is 0 Å². The lowest BCUT2D eigenvalue weighted by molar-refractivity contribution is -0.130. The number of likely N-dealkylation sites (tertiary alicyclic amines) is 1. The van der Waals surface area contributed by atoms with Gasteiger partial charge in [-0.15, -0.1) is 0 Å². The van der Waals surface area contributed by atoms with Crippen LogP contribution in [0.15, 0.2) is 54.6 Å².